The molecule has 0 aliphatic carbocycles. The third-order valence-electron chi connectivity index (χ3n) is 2.30. The van der Waals surface area contributed by atoms with Gasteiger partial charge >= 0.3 is 5.97 Å². The zero-order chi connectivity index (χ0) is 15.7. The zero-order valence-corrected chi connectivity index (χ0v) is 12.1. The second-order valence-electron chi connectivity index (χ2n) is 4.01. The van der Waals surface area contributed by atoms with Crippen molar-refractivity contribution in [2.24, 2.45) is 0 Å². The van der Waals surface area contributed by atoms with Gasteiger partial charge in [-0.2, -0.15) is 0 Å². The van der Waals surface area contributed by atoms with Crippen LogP contribution in [-0.4, -0.2) is 40.9 Å². The van der Waals surface area contributed by atoms with Gasteiger partial charge in [0, 0.05) is 17.0 Å². The molecular weight excluding hydrogens is 292 g/mol. The van der Waals surface area contributed by atoms with Crippen LogP contribution in [0.2, 0.25) is 0 Å². The smallest absolute Gasteiger partial charge is 0.322 e. The number of carbonyl (C=O) groups is 3. The summed E-state index contributed by atoms with van der Waals surface area (Å²) in [5, 5.41) is 13.4. The Balaban J connectivity index is 2.49. The SMILES string of the molecule is C=CCSCC(=O)Nc1ccc(C(=O)NCC(=O)O)cc1. The molecule has 1 aromatic rings. The van der Waals surface area contributed by atoms with Crippen LogP contribution >= 0.6 is 11.8 Å². The molecule has 0 fully saturated rings. The molecular formula is C14H16N2O4S. The van der Waals surface area contributed by atoms with E-state index in [2.05, 4.69) is 17.2 Å². The minimum Gasteiger partial charge on any atom is -0.480 e. The number of amides is 2. The largest absolute Gasteiger partial charge is 0.480 e. The van der Waals surface area contributed by atoms with Gasteiger partial charge < -0.3 is 15.7 Å². The number of carboxylic acid groups (broad SMARTS) is 1. The Morgan fingerprint density at radius 2 is 1.90 bits per heavy atom. The highest BCUT2D eigenvalue weighted by Gasteiger charge is 2.07. The maximum atomic E-state index is 11.6. The van der Waals surface area contributed by atoms with E-state index in [-0.39, 0.29) is 5.91 Å². The van der Waals surface area contributed by atoms with Crippen LogP contribution in [0.25, 0.3) is 0 Å². The highest BCUT2D eigenvalue weighted by Crippen LogP contribution is 2.10. The number of anilines is 1. The van der Waals surface area contributed by atoms with Crippen LogP contribution in [-0.2, 0) is 9.59 Å². The Morgan fingerprint density at radius 1 is 1.24 bits per heavy atom. The van der Waals surface area contributed by atoms with Crippen molar-refractivity contribution in [2.75, 3.05) is 23.4 Å². The maximum absolute atomic E-state index is 11.6. The van der Waals surface area contributed by atoms with Gasteiger partial charge in [0.25, 0.3) is 5.91 Å². The summed E-state index contributed by atoms with van der Waals surface area (Å²) >= 11 is 1.45. The molecule has 0 heterocycles. The number of carboxylic acids is 1. The summed E-state index contributed by atoms with van der Waals surface area (Å²) in [6.45, 7) is 3.13. The molecule has 0 saturated heterocycles. The fourth-order valence-electron chi connectivity index (χ4n) is 1.39. The van der Waals surface area contributed by atoms with Crippen LogP contribution in [0.4, 0.5) is 5.69 Å². The standard InChI is InChI=1S/C14H16N2O4S/c1-2-7-21-9-12(17)16-11-5-3-10(4-6-11)14(20)15-8-13(18)19/h2-6H,1,7-9H2,(H,15,20)(H,16,17)(H,18,19). The Labute approximate surface area is 126 Å². The highest BCUT2D eigenvalue weighted by atomic mass is 32.2. The number of thioether (sulfide) groups is 1. The number of rotatable bonds is 8. The molecule has 2 amide bonds. The van der Waals surface area contributed by atoms with Crippen LogP contribution in [0.3, 0.4) is 0 Å². The van der Waals surface area contributed by atoms with Gasteiger partial charge in [-0.1, -0.05) is 6.08 Å². The van der Waals surface area contributed by atoms with E-state index in [1.54, 1.807) is 18.2 Å². The van der Waals surface area contributed by atoms with Gasteiger partial charge in [-0.25, -0.2) is 0 Å². The first-order valence-corrected chi connectivity index (χ1v) is 7.27. The normalized spacial score (nSPS) is 9.71. The molecule has 1 rings (SSSR count). The molecule has 1 aromatic carbocycles. The lowest BCUT2D eigenvalue weighted by atomic mass is 10.2. The van der Waals surface area contributed by atoms with Gasteiger partial charge in [0.05, 0.1) is 5.75 Å². The van der Waals surface area contributed by atoms with Crippen molar-refractivity contribution in [3.8, 4) is 0 Å². The first-order chi connectivity index (χ1) is 10.0. The highest BCUT2D eigenvalue weighted by molar-refractivity contribution is 8.00. The molecule has 21 heavy (non-hydrogen) atoms. The number of hydrogen-bond donors (Lipinski definition) is 3. The summed E-state index contributed by atoms with van der Waals surface area (Å²) in [5.41, 5.74) is 0.907. The molecule has 3 N–H and O–H groups in total. The van der Waals surface area contributed by atoms with Crippen LogP contribution in [0.15, 0.2) is 36.9 Å². The van der Waals surface area contributed by atoms with Gasteiger partial charge in [-0.15, -0.1) is 18.3 Å². The summed E-state index contributed by atoms with van der Waals surface area (Å²) in [6, 6.07) is 6.21. The lowest BCUT2D eigenvalue weighted by molar-refractivity contribution is -0.135. The predicted octanol–water partition coefficient (Wildman–Crippen LogP) is 1.36. The van der Waals surface area contributed by atoms with Gasteiger partial charge in [0.2, 0.25) is 5.91 Å². The van der Waals surface area contributed by atoms with Crippen molar-refractivity contribution < 1.29 is 19.5 Å². The van der Waals surface area contributed by atoms with E-state index >= 15 is 0 Å². The summed E-state index contributed by atoms with van der Waals surface area (Å²) in [4.78, 5) is 33.5. The topological polar surface area (TPSA) is 95.5 Å². The quantitative estimate of drug-likeness (QED) is 0.498. The van der Waals surface area contributed by atoms with E-state index in [0.717, 1.165) is 0 Å². The average Bonchev–Trinajstić information content (AvgIpc) is 2.45. The fourth-order valence-corrected chi connectivity index (χ4v) is 1.94. The molecule has 0 radical (unpaired) electrons. The van der Waals surface area contributed by atoms with Crippen LogP contribution in [0, 0.1) is 0 Å². The van der Waals surface area contributed by atoms with Gasteiger partial charge in [-0.05, 0) is 24.3 Å². The van der Waals surface area contributed by atoms with Crippen LogP contribution < -0.4 is 10.6 Å². The molecule has 112 valence electrons. The van der Waals surface area contributed by atoms with E-state index in [4.69, 9.17) is 5.11 Å². The lowest BCUT2D eigenvalue weighted by Crippen LogP contribution is -2.29. The van der Waals surface area contributed by atoms with E-state index in [1.807, 2.05) is 0 Å². The maximum Gasteiger partial charge on any atom is 0.322 e. The van der Waals surface area contributed by atoms with Crippen molar-refractivity contribution in [3.05, 3.63) is 42.5 Å². The molecule has 7 heteroatoms. The molecule has 0 bridgehead atoms. The van der Waals surface area contributed by atoms with Gasteiger partial charge in [0.15, 0.2) is 0 Å². The zero-order valence-electron chi connectivity index (χ0n) is 11.3. The fraction of sp³-hybridized carbons (Fsp3) is 0.214. The number of nitrogens with one attached hydrogen (secondary N) is 2. The second-order valence-corrected chi connectivity index (χ2v) is 5.04. The van der Waals surface area contributed by atoms with E-state index < -0.39 is 18.4 Å². The number of aliphatic carboxylic acids is 1. The third-order valence-corrected chi connectivity index (χ3v) is 3.24. The number of hydrogen-bond acceptors (Lipinski definition) is 4. The molecule has 0 aliphatic rings. The molecule has 0 aliphatic heterocycles. The molecule has 0 unspecified atom stereocenters. The van der Waals surface area contributed by atoms with E-state index in [9.17, 15) is 14.4 Å². The number of carbonyl (C=O) groups excluding carboxylic acids is 2. The van der Waals surface area contributed by atoms with Crippen LogP contribution in [0.1, 0.15) is 10.4 Å². The van der Waals surface area contributed by atoms with Crippen LogP contribution in [0.5, 0.6) is 0 Å². The summed E-state index contributed by atoms with van der Waals surface area (Å²) in [7, 11) is 0. The minimum absolute atomic E-state index is 0.134. The third kappa shape index (κ3) is 6.62. The monoisotopic (exact) mass is 308 g/mol. The van der Waals surface area contributed by atoms with Crippen molar-refractivity contribution in [2.45, 2.75) is 0 Å². The Bertz CT molecular complexity index is 528. The lowest BCUT2D eigenvalue weighted by Gasteiger charge is -2.06. The summed E-state index contributed by atoms with van der Waals surface area (Å²) in [6.07, 6.45) is 1.72. The van der Waals surface area contributed by atoms with Crippen molar-refractivity contribution >= 4 is 35.2 Å². The first kappa shape index (κ1) is 16.8. The Kier molecular flexibility index (Phi) is 7.03. The molecule has 0 atom stereocenters. The Morgan fingerprint density at radius 3 is 2.48 bits per heavy atom. The summed E-state index contributed by atoms with van der Waals surface area (Å²) in [5.74, 6) is -0.686. The molecule has 0 saturated carbocycles. The predicted molar refractivity (Wildman–Crippen MR) is 82.6 cm³/mol. The summed E-state index contributed by atoms with van der Waals surface area (Å²) < 4.78 is 0. The van der Waals surface area contributed by atoms with Gasteiger partial charge in [0.1, 0.15) is 6.54 Å². The van der Waals surface area contributed by atoms with E-state index in [0.29, 0.717) is 22.8 Å². The van der Waals surface area contributed by atoms with Gasteiger partial charge in [-0.3, -0.25) is 14.4 Å². The minimum atomic E-state index is -1.11. The first-order valence-electron chi connectivity index (χ1n) is 6.11. The van der Waals surface area contributed by atoms with E-state index in [1.165, 1.54) is 23.9 Å². The molecule has 0 spiro atoms. The van der Waals surface area contributed by atoms with Crippen molar-refractivity contribution in [1.29, 1.82) is 0 Å². The molecule has 0 aromatic heterocycles. The number of benzene rings is 1. The Hall–Kier alpha value is -2.28. The second kappa shape index (κ2) is 8.80. The average molecular weight is 308 g/mol. The van der Waals surface area contributed by atoms with Crippen molar-refractivity contribution in [3.63, 3.8) is 0 Å². The molecule has 6 nitrogen and oxygen atoms in total. The van der Waals surface area contributed by atoms with Crippen molar-refractivity contribution in [1.82, 2.24) is 5.32 Å².